The lowest BCUT2D eigenvalue weighted by Gasteiger charge is -1.86. The van der Waals surface area contributed by atoms with Crippen LogP contribution < -0.4 is 3.69 Å². The minimum Gasteiger partial charge on any atom is -0.240 e. The second kappa shape index (κ2) is 5.72. The molecule has 1 aromatic carbocycles. The molecule has 0 radical (unpaired) electrons. The number of hydrogen-bond donors (Lipinski definition) is 0. The first-order valence-electron chi connectivity index (χ1n) is 2.84. The molecule has 0 aromatic heterocycles. The Hall–Kier alpha value is -0.0438. The molecule has 0 saturated heterocycles. The van der Waals surface area contributed by atoms with Gasteiger partial charge in [0.2, 0.25) is 0 Å². The molecular weight excluding hydrogens is 202 g/mol. The summed E-state index contributed by atoms with van der Waals surface area (Å²) in [5.74, 6) is 0. The van der Waals surface area contributed by atoms with E-state index < -0.39 is 20.4 Å². The van der Waals surface area contributed by atoms with Gasteiger partial charge in [-0.3, -0.25) is 0 Å². The molecule has 0 aliphatic carbocycles. The van der Waals surface area contributed by atoms with Crippen LogP contribution >= 0.6 is 17.0 Å². The van der Waals surface area contributed by atoms with Gasteiger partial charge in [0.25, 0.3) is 0 Å². The number of nitrogens with zero attached hydrogens (tertiary/aromatic N) is 1. The van der Waals surface area contributed by atoms with Crippen molar-refractivity contribution in [3.05, 3.63) is 30.3 Å². The predicted molar refractivity (Wildman–Crippen MR) is 47.8 cm³/mol. The second-order valence-corrected chi connectivity index (χ2v) is 3.31. The van der Waals surface area contributed by atoms with Crippen molar-refractivity contribution in [3.63, 3.8) is 0 Å². The maximum absolute atomic E-state index is 8.33. The van der Waals surface area contributed by atoms with E-state index >= 15 is 0 Å². The summed E-state index contributed by atoms with van der Waals surface area (Å²) in [7, 11) is 0. The van der Waals surface area contributed by atoms with Crippen molar-refractivity contribution < 1.29 is 0 Å². The summed E-state index contributed by atoms with van der Waals surface area (Å²) < 4.78 is 3.45. The van der Waals surface area contributed by atoms with Crippen LogP contribution in [0.3, 0.4) is 0 Å². The Bertz CT molecular complexity index is 217. The van der Waals surface area contributed by atoms with Gasteiger partial charge in [-0.2, -0.15) is 0 Å². The zero-order valence-corrected chi connectivity index (χ0v) is 8.58. The van der Waals surface area contributed by atoms with Crippen LogP contribution in [0.15, 0.2) is 30.3 Å². The zero-order valence-electron chi connectivity index (χ0n) is 5.45. The van der Waals surface area contributed by atoms with Gasteiger partial charge in [0, 0.05) is 0 Å². The summed E-state index contributed by atoms with van der Waals surface area (Å²) in [6, 6.07) is 9.93. The number of benzene rings is 1. The average Bonchev–Trinajstić information content (AvgIpc) is 1.91. The van der Waals surface area contributed by atoms with Gasteiger partial charge in [0.1, 0.15) is 0 Å². The molecule has 0 heterocycles. The molecule has 0 unspecified atom stereocenters. The van der Waals surface area contributed by atoms with E-state index in [1.165, 1.54) is 3.69 Å². The predicted octanol–water partition coefficient (Wildman–Crippen LogP) is 1.08. The molecule has 0 fully saturated rings. The van der Waals surface area contributed by atoms with Gasteiger partial charge in [-0.15, -0.1) is 24.9 Å². The van der Waals surface area contributed by atoms with E-state index in [4.69, 9.17) is 5.26 Å². The van der Waals surface area contributed by atoms with E-state index in [9.17, 15) is 0 Å². The lowest BCUT2D eigenvalue weighted by molar-refractivity contribution is 1.56. The molecule has 0 bridgehead atoms. The fraction of sp³-hybridized carbons (Fsp3) is 0. The Kier molecular flexibility index (Phi) is 5.69. The van der Waals surface area contributed by atoms with Crippen molar-refractivity contribution in [2.75, 3.05) is 0 Å². The summed E-state index contributed by atoms with van der Waals surface area (Å²) in [6.07, 6.45) is 0. The first kappa shape index (κ1) is 9.96. The monoisotopic (exact) mass is 207 g/mol. The van der Waals surface area contributed by atoms with Crippen LogP contribution in [-0.4, -0.2) is 20.4 Å². The topological polar surface area (TPSA) is 23.8 Å². The lowest BCUT2D eigenvalue weighted by atomic mass is 10.4. The Labute approximate surface area is 80.5 Å². The van der Waals surface area contributed by atoms with Crippen molar-refractivity contribution in [2.24, 2.45) is 0 Å². The van der Waals surface area contributed by atoms with E-state index in [2.05, 4.69) is 4.20 Å². The maximum Gasteiger partial charge on any atom is 0.562 e. The van der Waals surface area contributed by atoms with E-state index in [-0.39, 0.29) is 17.0 Å². The number of nitriles is 1. The summed E-state index contributed by atoms with van der Waals surface area (Å²) in [6.45, 7) is 0. The highest BCUT2D eigenvalue weighted by molar-refractivity contribution is 8.93. The van der Waals surface area contributed by atoms with Crippen LogP contribution in [0.1, 0.15) is 0 Å². The van der Waals surface area contributed by atoms with Gasteiger partial charge >= 0.3 is 20.4 Å². The minimum absolute atomic E-state index is 0. The Morgan fingerprint density at radius 2 is 1.80 bits per heavy atom. The average molecular weight is 208 g/mol. The molecule has 0 amide bonds. The highest BCUT2D eigenvalue weighted by Gasteiger charge is 1.93. The van der Waals surface area contributed by atoms with Crippen molar-refractivity contribution in [3.8, 4) is 4.20 Å². The smallest absolute Gasteiger partial charge is 0.240 e. The Balaban J connectivity index is 0.000000810. The van der Waals surface area contributed by atoms with Crippen LogP contribution in [0.25, 0.3) is 0 Å². The van der Waals surface area contributed by atoms with E-state index in [0.29, 0.717) is 0 Å². The van der Waals surface area contributed by atoms with E-state index in [0.717, 1.165) is 0 Å². The number of halogens is 1. The van der Waals surface area contributed by atoms with Crippen LogP contribution in [0.4, 0.5) is 0 Å². The van der Waals surface area contributed by atoms with Gasteiger partial charge in [-0.1, -0.05) is 30.3 Å². The summed E-state index contributed by atoms with van der Waals surface area (Å²) in [4.78, 5) is 0. The molecule has 0 spiro atoms. The zero-order chi connectivity index (χ0) is 6.53. The lowest BCUT2D eigenvalue weighted by Crippen LogP contribution is -2.10. The van der Waals surface area contributed by atoms with Crippen molar-refractivity contribution in [2.45, 2.75) is 0 Å². The van der Waals surface area contributed by atoms with Gasteiger partial charge in [0.15, 0.2) is 0 Å². The van der Waals surface area contributed by atoms with Crippen molar-refractivity contribution in [1.82, 2.24) is 0 Å². The highest BCUT2D eigenvalue weighted by atomic mass is 79.9. The molecule has 1 rings (SSSR count). The molecule has 0 aliphatic heterocycles. The third-order valence-corrected chi connectivity index (χ3v) is 2.16. The molecule has 0 saturated carbocycles. The molecule has 0 aliphatic rings. The van der Waals surface area contributed by atoms with Crippen molar-refractivity contribution in [1.29, 1.82) is 5.26 Å². The Morgan fingerprint density at radius 3 is 2.30 bits per heavy atom. The molecule has 0 atom stereocenters. The highest BCUT2D eigenvalue weighted by Crippen LogP contribution is 1.79. The fourth-order valence-electron chi connectivity index (χ4n) is 0.687. The van der Waals surface area contributed by atoms with Crippen LogP contribution in [-0.2, 0) is 0 Å². The summed E-state index contributed by atoms with van der Waals surface area (Å²) in [5.41, 5.74) is 0. The van der Waals surface area contributed by atoms with E-state index in [1.54, 1.807) is 0 Å². The molecule has 48 valence electrons. The molecule has 1 aromatic rings. The first-order chi connectivity index (χ1) is 4.43. The van der Waals surface area contributed by atoms with Gasteiger partial charge in [-0.05, 0) is 0 Å². The standard InChI is InChI=1S/C6H5.CN.BrH.Mg/c1-2-4-6-5-3-1;1-2;;/h1-5H;;1H;. The van der Waals surface area contributed by atoms with Crippen LogP contribution in [0.5, 0.6) is 0 Å². The molecule has 10 heavy (non-hydrogen) atoms. The number of rotatable bonds is 1. The van der Waals surface area contributed by atoms with Crippen LogP contribution in [0, 0.1) is 9.46 Å². The second-order valence-electron chi connectivity index (χ2n) is 1.82. The van der Waals surface area contributed by atoms with Gasteiger partial charge < -0.3 is 0 Å². The first-order valence-corrected chi connectivity index (χ1v) is 4.26. The molecule has 1 nitrogen and oxygen atoms in total. The summed E-state index contributed by atoms with van der Waals surface area (Å²) in [5, 5.41) is 8.33. The van der Waals surface area contributed by atoms with Gasteiger partial charge in [-0.25, -0.2) is 5.26 Å². The third kappa shape index (κ3) is 3.21. The minimum atomic E-state index is -0.595. The van der Waals surface area contributed by atoms with Crippen molar-refractivity contribution >= 4 is 41.0 Å². The molecule has 0 N–H and O–H groups in total. The molecule has 3 heteroatoms. The SMILES string of the molecule is Br.N#[C][Mg][c]1ccccc1. The fourth-order valence-corrected chi connectivity index (χ4v) is 1.38. The number of hydrogen-bond acceptors (Lipinski definition) is 1. The quantitative estimate of drug-likeness (QED) is 0.634. The van der Waals surface area contributed by atoms with Gasteiger partial charge in [0.05, 0.1) is 0 Å². The normalized spacial score (nSPS) is 6.70. The third-order valence-electron chi connectivity index (χ3n) is 1.13. The van der Waals surface area contributed by atoms with Crippen LogP contribution in [0.2, 0.25) is 0 Å². The van der Waals surface area contributed by atoms with E-state index in [1.807, 2.05) is 30.3 Å². The maximum atomic E-state index is 8.33. The summed E-state index contributed by atoms with van der Waals surface area (Å²) >= 11 is -0.595. The largest absolute Gasteiger partial charge is 0.562 e. The Morgan fingerprint density at radius 1 is 1.20 bits per heavy atom. The molecular formula is C7H6BrMgN.